The predicted molar refractivity (Wildman–Crippen MR) is 66.3 cm³/mol. The zero-order valence-electron chi connectivity index (χ0n) is 9.76. The molecule has 1 aromatic carbocycles. The molecule has 1 amide bonds. The lowest BCUT2D eigenvalue weighted by molar-refractivity contribution is -0.120. The van der Waals surface area contributed by atoms with Gasteiger partial charge in [0.25, 0.3) is 0 Å². The Kier molecular flexibility index (Phi) is 3.55. The average Bonchev–Trinajstić information content (AvgIpc) is 2.85. The first-order valence-electron chi connectivity index (χ1n) is 5.57. The largest absolute Gasteiger partial charge is 0.359 e. The van der Waals surface area contributed by atoms with Crippen molar-refractivity contribution in [1.82, 2.24) is 14.9 Å². The second kappa shape index (κ2) is 5.30. The molecule has 0 saturated heterocycles. The van der Waals surface area contributed by atoms with E-state index >= 15 is 0 Å². The Bertz CT molecular complexity index is 490. The van der Waals surface area contributed by atoms with Crippen molar-refractivity contribution in [2.24, 2.45) is 0 Å². The van der Waals surface area contributed by atoms with E-state index in [1.54, 1.807) is 13.4 Å². The van der Waals surface area contributed by atoms with Gasteiger partial charge in [-0.25, -0.2) is 4.98 Å². The van der Waals surface area contributed by atoms with Gasteiger partial charge in [-0.1, -0.05) is 30.3 Å². The van der Waals surface area contributed by atoms with Gasteiger partial charge in [-0.15, -0.1) is 0 Å². The third-order valence-corrected chi connectivity index (χ3v) is 2.64. The number of hydrogen-bond acceptors (Lipinski definition) is 2. The molecule has 0 saturated carbocycles. The van der Waals surface area contributed by atoms with Crippen molar-refractivity contribution < 1.29 is 4.79 Å². The lowest BCUT2D eigenvalue weighted by atomic mass is 10.2. The number of nitrogens with one attached hydrogen (secondary N) is 1. The Morgan fingerprint density at radius 3 is 2.82 bits per heavy atom. The van der Waals surface area contributed by atoms with E-state index in [0.29, 0.717) is 13.0 Å². The second-order valence-electron chi connectivity index (χ2n) is 3.76. The van der Waals surface area contributed by atoms with Crippen molar-refractivity contribution in [2.75, 3.05) is 7.05 Å². The summed E-state index contributed by atoms with van der Waals surface area (Å²) in [6, 6.07) is 10.0. The highest BCUT2D eigenvalue weighted by Gasteiger charge is 2.05. The molecular weight excluding hydrogens is 214 g/mol. The van der Waals surface area contributed by atoms with Crippen molar-refractivity contribution in [3.8, 4) is 11.3 Å². The number of nitrogens with zero attached hydrogens (tertiary/aromatic N) is 2. The summed E-state index contributed by atoms with van der Waals surface area (Å²) in [7, 11) is 1.65. The average molecular weight is 229 g/mol. The third-order valence-electron chi connectivity index (χ3n) is 2.64. The first-order valence-corrected chi connectivity index (χ1v) is 5.57. The van der Waals surface area contributed by atoms with E-state index in [-0.39, 0.29) is 5.91 Å². The zero-order chi connectivity index (χ0) is 12.1. The Labute approximate surface area is 100 Å². The summed E-state index contributed by atoms with van der Waals surface area (Å²) in [5, 5.41) is 2.61. The molecule has 0 bridgehead atoms. The van der Waals surface area contributed by atoms with Gasteiger partial charge in [0, 0.05) is 20.0 Å². The number of aryl methyl sites for hydroxylation is 1. The van der Waals surface area contributed by atoms with Crippen molar-refractivity contribution in [3.05, 3.63) is 42.9 Å². The minimum absolute atomic E-state index is 0.0395. The van der Waals surface area contributed by atoms with Crippen LogP contribution in [0.5, 0.6) is 0 Å². The Hall–Kier alpha value is -2.10. The van der Waals surface area contributed by atoms with Crippen LogP contribution in [0.3, 0.4) is 0 Å². The summed E-state index contributed by atoms with van der Waals surface area (Å²) in [6.45, 7) is 0.643. The van der Waals surface area contributed by atoms with Gasteiger partial charge >= 0.3 is 0 Å². The molecule has 2 rings (SSSR count). The quantitative estimate of drug-likeness (QED) is 0.867. The molecule has 1 N–H and O–H groups in total. The number of aromatic nitrogens is 2. The standard InChI is InChI=1S/C13H15N3O/c1-14-13(17)7-8-16-10-15-9-12(16)11-5-3-2-4-6-11/h2-6,9-10H,7-8H2,1H3,(H,14,17). The highest BCUT2D eigenvalue weighted by atomic mass is 16.1. The number of imidazole rings is 1. The van der Waals surface area contributed by atoms with E-state index in [1.165, 1.54) is 0 Å². The van der Waals surface area contributed by atoms with E-state index in [9.17, 15) is 4.79 Å². The number of rotatable bonds is 4. The number of hydrogen-bond donors (Lipinski definition) is 1. The van der Waals surface area contributed by atoms with Gasteiger partial charge in [0.2, 0.25) is 5.91 Å². The van der Waals surface area contributed by atoms with Crippen LogP contribution in [0, 0.1) is 0 Å². The van der Waals surface area contributed by atoms with Gasteiger partial charge in [-0.3, -0.25) is 4.79 Å². The van der Waals surface area contributed by atoms with E-state index in [4.69, 9.17) is 0 Å². The van der Waals surface area contributed by atoms with Gasteiger partial charge in [0.05, 0.1) is 18.2 Å². The summed E-state index contributed by atoms with van der Waals surface area (Å²) in [5.74, 6) is 0.0395. The molecule has 0 unspecified atom stereocenters. The molecule has 0 aliphatic carbocycles. The minimum atomic E-state index is 0.0395. The molecule has 0 atom stereocenters. The van der Waals surface area contributed by atoms with E-state index < -0.39 is 0 Å². The van der Waals surface area contributed by atoms with Crippen LogP contribution in [0.1, 0.15) is 6.42 Å². The maximum Gasteiger partial charge on any atom is 0.221 e. The fourth-order valence-corrected chi connectivity index (χ4v) is 1.70. The monoisotopic (exact) mass is 229 g/mol. The summed E-state index contributed by atoms with van der Waals surface area (Å²) < 4.78 is 1.99. The lowest BCUT2D eigenvalue weighted by Gasteiger charge is -2.07. The molecule has 0 aliphatic rings. The number of benzene rings is 1. The Morgan fingerprint density at radius 2 is 2.12 bits per heavy atom. The van der Waals surface area contributed by atoms with Crippen LogP contribution in [0.15, 0.2) is 42.9 Å². The predicted octanol–water partition coefficient (Wildman–Crippen LogP) is 1.69. The molecular formula is C13H15N3O. The van der Waals surface area contributed by atoms with Crippen molar-refractivity contribution >= 4 is 5.91 Å². The Balaban J connectivity index is 2.15. The fourth-order valence-electron chi connectivity index (χ4n) is 1.70. The SMILES string of the molecule is CNC(=O)CCn1cncc1-c1ccccc1. The maximum absolute atomic E-state index is 11.2. The lowest BCUT2D eigenvalue weighted by Crippen LogP contribution is -2.19. The fraction of sp³-hybridized carbons (Fsp3) is 0.231. The second-order valence-corrected chi connectivity index (χ2v) is 3.76. The first-order chi connectivity index (χ1) is 8.31. The smallest absolute Gasteiger partial charge is 0.221 e. The molecule has 88 valence electrons. The molecule has 0 fully saturated rings. The minimum Gasteiger partial charge on any atom is -0.359 e. The first kappa shape index (κ1) is 11.4. The zero-order valence-corrected chi connectivity index (χ0v) is 9.76. The van der Waals surface area contributed by atoms with Crippen molar-refractivity contribution in [3.63, 3.8) is 0 Å². The summed E-state index contributed by atoms with van der Waals surface area (Å²) >= 11 is 0. The van der Waals surface area contributed by atoms with Crippen molar-refractivity contribution in [2.45, 2.75) is 13.0 Å². The van der Waals surface area contributed by atoms with Gasteiger partial charge in [0.1, 0.15) is 0 Å². The molecule has 4 nitrogen and oxygen atoms in total. The van der Waals surface area contributed by atoms with E-state index in [1.807, 2.05) is 41.1 Å². The number of carbonyl (C=O) groups is 1. The van der Waals surface area contributed by atoms with Crippen LogP contribution >= 0.6 is 0 Å². The summed E-state index contributed by atoms with van der Waals surface area (Å²) in [6.07, 6.45) is 4.04. The van der Waals surface area contributed by atoms with Gasteiger partial charge in [0.15, 0.2) is 0 Å². The van der Waals surface area contributed by atoms with Crippen LogP contribution in [-0.2, 0) is 11.3 Å². The van der Waals surface area contributed by atoms with E-state index in [2.05, 4.69) is 10.3 Å². The molecule has 2 aromatic rings. The van der Waals surface area contributed by atoms with Gasteiger partial charge in [-0.05, 0) is 5.56 Å². The normalized spacial score (nSPS) is 10.2. The van der Waals surface area contributed by atoms with Crippen LogP contribution in [0.25, 0.3) is 11.3 Å². The van der Waals surface area contributed by atoms with E-state index in [0.717, 1.165) is 11.3 Å². The summed E-state index contributed by atoms with van der Waals surface area (Å²) in [4.78, 5) is 15.3. The molecule has 0 aliphatic heterocycles. The third kappa shape index (κ3) is 2.72. The highest BCUT2D eigenvalue weighted by molar-refractivity contribution is 5.75. The maximum atomic E-state index is 11.2. The molecule has 1 heterocycles. The highest BCUT2D eigenvalue weighted by Crippen LogP contribution is 2.18. The molecule has 0 radical (unpaired) electrons. The molecule has 4 heteroatoms. The van der Waals surface area contributed by atoms with Crippen LogP contribution in [-0.4, -0.2) is 22.5 Å². The topological polar surface area (TPSA) is 46.9 Å². The number of amides is 1. The molecule has 17 heavy (non-hydrogen) atoms. The Morgan fingerprint density at radius 1 is 1.35 bits per heavy atom. The summed E-state index contributed by atoms with van der Waals surface area (Å²) in [5.41, 5.74) is 2.15. The van der Waals surface area contributed by atoms with Crippen LogP contribution in [0.2, 0.25) is 0 Å². The van der Waals surface area contributed by atoms with Gasteiger partial charge in [-0.2, -0.15) is 0 Å². The molecule has 1 aromatic heterocycles. The van der Waals surface area contributed by atoms with Crippen LogP contribution in [0.4, 0.5) is 0 Å². The van der Waals surface area contributed by atoms with Crippen LogP contribution < -0.4 is 5.32 Å². The van der Waals surface area contributed by atoms with Crippen molar-refractivity contribution in [1.29, 1.82) is 0 Å². The number of carbonyl (C=O) groups excluding carboxylic acids is 1. The van der Waals surface area contributed by atoms with Gasteiger partial charge < -0.3 is 9.88 Å². The molecule has 0 spiro atoms.